The van der Waals surface area contributed by atoms with E-state index in [0.29, 0.717) is 6.42 Å². The smallest absolute Gasteiger partial charge is 0.328 e. The fraction of sp³-hybridized carbons (Fsp3) is 0.935. The molecule has 0 heterocycles. The van der Waals surface area contributed by atoms with Crippen molar-refractivity contribution in [2.75, 3.05) is 6.16 Å². The van der Waals surface area contributed by atoms with Crippen LogP contribution in [-0.4, -0.2) is 46.0 Å². The van der Waals surface area contributed by atoms with Gasteiger partial charge in [-0.3, -0.25) is 14.1 Å². The van der Waals surface area contributed by atoms with E-state index in [-0.39, 0.29) is 6.42 Å². The molecular weight excluding hydrogens is 547 g/mol. The fourth-order valence-corrected chi connectivity index (χ4v) is 6.12. The molecule has 0 aliphatic carbocycles. The monoisotopic (exact) mass is 610 g/mol. The van der Waals surface area contributed by atoms with E-state index in [4.69, 9.17) is 10.2 Å². The second kappa shape index (κ2) is 28.4. The second-order valence-corrected chi connectivity index (χ2v) is 13.6. The Bertz CT molecular complexity index is 688. The van der Waals surface area contributed by atoms with Crippen molar-refractivity contribution in [3.63, 3.8) is 0 Å². The Labute approximate surface area is 249 Å². The minimum absolute atomic E-state index is 0.246. The zero-order valence-electron chi connectivity index (χ0n) is 25.8. The zero-order valence-corrected chi connectivity index (χ0v) is 27.8. The highest BCUT2D eigenvalue weighted by molar-refractivity contribution is 7.88. The molecule has 0 aliphatic rings. The predicted octanol–water partition coefficient (Wildman–Crippen LogP) is 9.44. The number of rotatable bonds is 28. The number of unbranched alkanes of at least 4 members (excludes halogenated alkanes) is 21. The molecule has 0 spiro atoms. The molecule has 9 heteroatoms. The first-order valence-electron chi connectivity index (χ1n) is 16.2. The van der Waals surface area contributed by atoms with Crippen LogP contribution >= 0.6 is 9.24 Å². The van der Waals surface area contributed by atoms with Gasteiger partial charge < -0.3 is 10.2 Å². The molecule has 0 saturated carbocycles. The Kier molecular flexibility index (Phi) is 29.4. The van der Waals surface area contributed by atoms with Crippen LogP contribution in [0.1, 0.15) is 174 Å². The molecule has 0 aliphatic heterocycles. The lowest BCUT2D eigenvalue weighted by Crippen LogP contribution is -2.48. The highest BCUT2D eigenvalue weighted by Crippen LogP contribution is 2.29. The van der Waals surface area contributed by atoms with Gasteiger partial charge in [-0.1, -0.05) is 155 Å². The van der Waals surface area contributed by atoms with Gasteiger partial charge in [0.15, 0.2) is 0 Å². The average Bonchev–Trinajstić information content (AvgIpc) is 2.89. The highest BCUT2D eigenvalue weighted by Gasteiger charge is 2.51. The number of aliphatic carboxylic acids is 2. The molecule has 0 saturated heterocycles. The van der Waals surface area contributed by atoms with Gasteiger partial charge in [-0.05, 0) is 19.0 Å². The van der Waals surface area contributed by atoms with Crippen LogP contribution in [0.25, 0.3) is 0 Å². The maximum Gasteiger partial charge on any atom is 0.328 e. The van der Waals surface area contributed by atoms with Crippen LogP contribution in [0.4, 0.5) is 0 Å². The molecule has 3 N–H and O–H groups in total. The standard InChI is InChI=1S/C17H32O7S.C14H31P/c1-2-3-4-5-6-7-8-9-10-11-12-13-17(16(20)21,14-15(18)19)25(22,23)24;1-2-3-4-5-6-7-8-9-10-11-12-13-14-15/h2-14H2,1H3,(H,18,19)(H,20,21)(H,22,23,24);2-15H2,1H3. The molecule has 240 valence electrons. The summed E-state index contributed by atoms with van der Waals surface area (Å²) < 4.78 is 29.5. The van der Waals surface area contributed by atoms with E-state index in [0.717, 1.165) is 25.7 Å². The van der Waals surface area contributed by atoms with Crippen molar-refractivity contribution >= 4 is 31.3 Å². The molecule has 0 aromatic rings. The van der Waals surface area contributed by atoms with Crippen LogP contribution in [0.2, 0.25) is 0 Å². The van der Waals surface area contributed by atoms with E-state index < -0.39 is 39.6 Å². The van der Waals surface area contributed by atoms with Gasteiger partial charge in [0.05, 0.1) is 6.42 Å². The number of carboxylic acid groups (broad SMARTS) is 2. The normalized spacial score (nSPS) is 12.9. The van der Waals surface area contributed by atoms with Gasteiger partial charge in [-0.25, -0.2) is 0 Å². The molecule has 0 radical (unpaired) electrons. The summed E-state index contributed by atoms with van der Waals surface area (Å²) in [6.07, 6.45) is 28.3. The third kappa shape index (κ3) is 23.9. The number of carboxylic acids is 2. The van der Waals surface area contributed by atoms with Crippen LogP contribution in [0.5, 0.6) is 0 Å². The molecule has 0 aromatic heterocycles. The van der Waals surface area contributed by atoms with Crippen molar-refractivity contribution < 1.29 is 32.8 Å². The zero-order chi connectivity index (χ0) is 30.5. The van der Waals surface area contributed by atoms with E-state index in [1.807, 2.05) is 0 Å². The SMILES string of the molecule is CCCCCCCCCCCCCC(CC(=O)O)(C(=O)O)S(=O)(=O)O.CCCCCCCCCCCCCCP. The molecule has 0 fully saturated rings. The molecule has 0 rings (SSSR count). The summed E-state index contributed by atoms with van der Waals surface area (Å²) in [4.78, 5) is 22.1. The number of hydrogen-bond donors (Lipinski definition) is 3. The van der Waals surface area contributed by atoms with Crippen molar-refractivity contribution in [2.24, 2.45) is 0 Å². The summed E-state index contributed by atoms with van der Waals surface area (Å²) in [6.45, 7) is 4.46. The van der Waals surface area contributed by atoms with Gasteiger partial charge in [0, 0.05) is 0 Å². The van der Waals surface area contributed by atoms with Crippen molar-refractivity contribution in [3.8, 4) is 0 Å². The van der Waals surface area contributed by atoms with Crippen LogP contribution in [0, 0.1) is 0 Å². The summed E-state index contributed by atoms with van der Waals surface area (Å²) in [5.41, 5.74) is 0. The van der Waals surface area contributed by atoms with Crippen LogP contribution in [0.3, 0.4) is 0 Å². The quantitative estimate of drug-likeness (QED) is 0.0457. The minimum atomic E-state index is -5.01. The van der Waals surface area contributed by atoms with E-state index >= 15 is 0 Å². The van der Waals surface area contributed by atoms with E-state index in [9.17, 15) is 22.6 Å². The lowest BCUT2D eigenvalue weighted by atomic mass is 9.96. The van der Waals surface area contributed by atoms with Crippen molar-refractivity contribution in [3.05, 3.63) is 0 Å². The summed E-state index contributed by atoms with van der Waals surface area (Å²) in [7, 11) is -2.20. The number of hydrogen-bond acceptors (Lipinski definition) is 4. The van der Waals surface area contributed by atoms with Gasteiger partial charge in [0.25, 0.3) is 10.1 Å². The molecule has 2 atom stereocenters. The fourth-order valence-electron chi connectivity index (χ4n) is 4.91. The van der Waals surface area contributed by atoms with Gasteiger partial charge >= 0.3 is 11.9 Å². The van der Waals surface area contributed by atoms with Crippen molar-refractivity contribution in [1.82, 2.24) is 0 Å². The van der Waals surface area contributed by atoms with Gasteiger partial charge in [-0.15, -0.1) is 9.24 Å². The Morgan fingerprint density at radius 3 is 1.12 bits per heavy atom. The molecule has 7 nitrogen and oxygen atoms in total. The maximum atomic E-state index is 11.5. The Hall–Kier alpha value is -0.720. The lowest BCUT2D eigenvalue weighted by molar-refractivity contribution is -0.147. The van der Waals surface area contributed by atoms with Gasteiger partial charge in [0.2, 0.25) is 4.75 Å². The van der Waals surface area contributed by atoms with E-state index in [1.165, 1.54) is 115 Å². The maximum absolute atomic E-state index is 11.5. The third-order valence-corrected chi connectivity index (χ3v) is 9.48. The van der Waals surface area contributed by atoms with Crippen molar-refractivity contribution in [1.29, 1.82) is 0 Å². The Morgan fingerprint density at radius 1 is 0.575 bits per heavy atom. The summed E-state index contributed by atoms with van der Waals surface area (Å²) >= 11 is 0. The first-order chi connectivity index (χ1) is 19.1. The Morgan fingerprint density at radius 2 is 0.875 bits per heavy atom. The third-order valence-electron chi connectivity index (χ3n) is 7.56. The lowest BCUT2D eigenvalue weighted by Gasteiger charge is -2.24. The first kappa shape index (κ1) is 41.4. The van der Waals surface area contributed by atoms with E-state index in [1.54, 1.807) is 0 Å². The molecule has 0 bridgehead atoms. The second-order valence-electron chi connectivity index (χ2n) is 11.3. The molecule has 0 aromatic carbocycles. The molecule has 40 heavy (non-hydrogen) atoms. The summed E-state index contributed by atoms with van der Waals surface area (Å²) in [5.74, 6) is -3.38. The van der Waals surface area contributed by atoms with Gasteiger partial charge in [-0.2, -0.15) is 8.42 Å². The predicted molar refractivity (Wildman–Crippen MR) is 171 cm³/mol. The number of carbonyl (C=O) groups is 2. The minimum Gasteiger partial charge on any atom is -0.481 e. The van der Waals surface area contributed by atoms with Crippen LogP contribution in [0.15, 0.2) is 0 Å². The van der Waals surface area contributed by atoms with E-state index in [2.05, 4.69) is 23.1 Å². The molecule has 0 amide bonds. The topological polar surface area (TPSA) is 129 Å². The highest BCUT2D eigenvalue weighted by atomic mass is 32.2. The molecule has 2 unspecified atom stereocenters. The largest absolute Gasteiger partial charge is 0.481 e. The van der Waals surface area contributed by atoms with Crippen LogP contribution in [-0.2, 0) is 19.7 Å². The summed E-state index contributed by atoms with van der Waals surface area (Å²) in [5, 5.41) is 18.0. The summed E-state index contributed by atoms with van der Waals surface area (Å²) in [6, 6.07) is 0. The first-order valence-corrected chi connectivity index (χ1v) is 18.5. The Balaban J connectivity index is 0. The average molecular weight is 611 g/mol. The van der Waals surface area contributed by atoms with Crippen molar-refractivity contribution in [2.45, 2.75) is 179 Å². The molecular formula is C31H63O7PS. The van der Waals surface area contributed by atoms with Gasteiger partial charge in [0.1, 0.15) is 0 Å². The van der Waals surface area contributed by atoms with Crippen LogP contribution < -0.4 is 0 Å².